The lowest BCUT2D eigenvalue weighted by atomic mass is 9.82. The molecule has 58 heavy (non-hydrogen) atoms. The van der Waals surface area contributed by atoms with Gasteiger partial charge < -0.3 is 13.7 Å². The zero-order valence-electron chi connectivity index (χ0n) is 32.2. The quantitative estimate of drug-likeness (QED) is 0.176. The predicted octanol–water partition coefficient (Wildman–Crippen LogP) is 15.7. The van der Waals surface area contributed by atoms with Crippen LogP contribution in [0.5, 0.6) is 0 Å². The van der Waals surface area contributed by atoms with Crippen LogP contribution >= 0.6 is 0 Å². The highest BCUT2D eigenvalue weighted by Crippen LogP contribution is 2.52. The third kappa shape index (κ3) is 4.80. The van der Waals surface area contributed by atoms with Crippen molar-refractivity contribution in [3.8, 4) is 33.4 Å². The van der Waals surface area contributed by atoms with Gasteiger partial charge in [-0.25, -0.2) is 0 Å². The normalized spacial score (nSPS) is 13.1. The fraction of sp³-hybridized carbons (Fsp3) is 0.0545. The summed E-state index contributed by atoms with van der Waals surface area (Å²) in [4.78, 5) is 2.44. The molecule has 11 aromatic rings. The monoisotopic (exact) mass is 743 g/mol. The zero-order valence-corrected chi connectivity index (χ0v) is 32.2. The van der Waals surface area contributed by atoms with Crippen molar-refractivity contribution < 1.29 is 8.83 Å². The van der Waals surface area contributed by atoms with Gasteiger partial charge in [0.2, 0.25) is 0 Å². The van der Waals surface area contributed by atoms with Crippen LogP contribution in [0.2, 0.25) is 0 Å². The van der Waals surface area contributed by atoms with Crippen LogP contribution in [0, 0.1) is 0 Å². The van der Waals surface area contributed by atoms with E-state index in [1.54, 1.807) is 0 Å². The van der Waals surface area contributed by atoms with Crippen LogP contribution in [0.1, 0.15) is 25.0 Å². The van der Waals surface area contributed by atoms with Crippen LogP contribution in [-0.4, -0.2) is 0 Å². The average Bonchev–Trinajstić information content (AvgIpc) is 3.91. The van der Waals surface area contributed by atoms with Crippen LogP contribution in [0.4, 0.5) is 17.1 Å². The Morgan fingerprint density at radius 3 is 1.93 bits per heavy atom. The number of rotatable bonds is 5. The second kappa shape index (κ2) is 12.3. The third-order valence-electron chi connectivity index (χ3n) is 12.5. The van der Waals surface area contributed by atoms with Gasteiger partial charge in [-0.05, 0) is 105 Å². The van der Waals surface area contributed by atoms with Crippen LogP contribution in [-0.2, 0) is 5.41 Å². The lowest BCUT2D eigenvalue weighted by molar-refractivity contribution is 0.660. The first kappa shape index (κ1) is 32.8. The van der Waals surface area contributed by atoms with Crippen LogP contribution in [0.15, 0.2) is 197 Å². The van der Waals surface area contributed by atoms with Gasteiger partial charge in [0.05, 0.1) is 5.69 Å². The van der Waals surface area contributed by atoms with E-state index < -0.39 is 0 Å². The Morgan fingerprint density at radius 2 is 1.03 bits per heavy atom. The van der Waals surface area contributed by atoms with Crippen molar-refractivity contribution in [3.05, 3.63) is 199 Å². The largest absolute Gasteiger partial charge is 0.456 e. The van der Waals surface area contributed by atoms with Crippen LogP contribution in [0.3, 0.4) is 0 Å². The minimum absolute atomic E-state index is 0.150. The van der Waals surface area contributed by atoms with E-state index in [0.717, 1.165) is 77.6 Å². The number of hydrogen-bond acceptors (Lipinski definition) is 3. The van der Waals surface area contributed by atoms with Crippen molar-refractivity contribution >= 4 is 71.7 Å². The maximum Gasteiger partial charge on any atom is 0.136 e. The number of hydrogen-bond donors (Lipinski definition) is 0. The lowest BCUT2D eigenvalue weighted by Gasteiger charge is -2.30. The molecule has 1 aliphatic carbocycles. The average molecular weight is 744 g/mol. The minimum Gasteiger partial charge on any atom is -0.456 e. The van der Waals surface area contributed by atoms with Crippen molar-refractivity contribution in [1.82, 2.24) is 0 Å². The highest BCUT2D eigenvalue weighted by Gasteiger charge is 2.36. The molecule has 0 unspecified atom stereocenters. The predicted molar refractivity (Wildman–Crippen MR) is 242 cm³/mol. The summed E-state index contributed by atoms with van der Waals surface area (Å²) < 4.78 is 12.8. The topological polar surface area (TPSA) is 29.5 Å². The van der Waals surface area contributed by atoms with E-state index >= 15 is 0 Å². The van der Waals surface area contributed by atoms with Crippen molar-refractivity contribution in [3.63, 3.8) is 0 Å². The van der Waals surface area contributed by atoms with Gasteiger partial charge in [-0.1, -0.05) is 141 Å². The van der Waals surface area contributed by atoms with Gasteiger partial charge in [0.15, 0.2) is 0 Å². The van der Waals surface area contributed by atoms with Gasteiger partial charge in [-0.15, -0.1) is 0 Å². The Labute approximate surface area is 336 Å². The van der Waals surface area contributed by atoms with E-state index in [9.17, 15) is 0 Å². The van der Waals surface area contributed by atoms with E-state index in [2.05, 4.69) is 189 Å². The molecule has 12 rings (SSSR count). The van der Waals surface area contributed by atoms with Gasteiger partial charge in [0.1, 0.15) is 22.3 Å². The van der Waals surface area contributed by atoms with E-state index in [-0.39, 0.29) is 5.41 Å². The SMILES string of the molecule is CC1(C)c2ccccc2-c2ccc(N(c3cccc(-c4cccc5ccc6oc7ccccc7c6c45)c3)c3ccccc3-c3ccc4c(c3)oc3ccccc34)cc21. The summed E-state index contributed by atoms with van der Waals surface area (Å²) >= 11 is 0. The molecule has 0 radical (unpaired) electrons. The van der Waals surface area contributed by atoms with Gasteiger partial charge in [-0.3, -0.25) is 0 Å². The highest BCUT2D eigenvalue weighted by atomic mass is 16.3. The van der Waals surface area contributed by atoms with Gasteiger partial charge >= 0.3 is 0 Å². The second-order valence-corrected chi connectivity index (χ2v) is 16.1. The number of fused-ring (bicyclic) bond motifs is 11. The number of nitrogens with zero attached hydrogens (tertiary/aromatic N) is 1. The second-order valence-electron chi connectivity index (χ2n) is 16.1. The number of benzene rings is 9. The molecule has 0 fully saturated rings. The summed E-state index contributed by atoms with van der Waals surface area (Å²) in [5, 5.41) is 6.92. The fourth-order valence-corrected chi connectivity index (χ4v) is 9.71. The Hall–Kier alpha value is -7.36. The minimum atomic E-state index is -0.150. The third-order valence-corrected chi connectivity index (χ3v) is 12.5. The molecule has 0 atom stereocenters. The zero-order chi connectivity index (χ0) is 38.5. The first-order valence-corrected chi connectivity index (χ1v) is 20.0. The van der Waals surface area contributed by atoms with Gasteiger partial charge in [-0.2, -0.15) is 0 Å². The first-order chi connectivity index (χ1) is 28.5. The number of anilines is 3. The molecule has 0 aliphatic heterocycles. The van der Waals surface area contributed by atoms with Crippen molar-refractivity contribution in [2.24, 2.45) is 0 Å². The molecule has 3 heteroatoms. The number of para-hydroxylation sites is 3. The standard InChI is InChI=1S/C55H37NO2/c1-55(2)46-21-7-3-17-41(46)42-29-27-38(33-47(42)55)56(48-22-8-4-16-39(48)36-25-28-44-43-18-5-9-23-49(43)58-52(44)32-36)37-15-11-14-35(31-37)40-20-12-13-34-26-30-51-54(53(34)40)45-19-6-10-24-50(45)57-51/h3-33H,1-2H3. The summed E-state index contributed by atoms with van der Waals surface area (Å²) in [6.07, 6.45) is 0. The van der Waals surface area contributed by atoms with Gasteiger partial charge in [0.25, 0.3) is 0 Å². The van der Waals surface area contributed by atoms with Gasteiger partial charge in [0, 0.05) is 49.3 Å². The molecule has 0 saturated heterocycles. The summed E-state index contributed by atoms with van der Waals surface area (Å²) in [5.41, 5.74) is 16.5. The fourth-order valence-electron chi connectivity index (χ4n) is 9.71. The molecular weight excluding hydrogens is 707 g/mol. The van der Waals surface area contributed by atoms with Crippen molar-refractivity contribution in [2.45, 2.75) is 19.3 Å². The Balaban J connectivity index is 1.09. The summed E-state index contributed by atoms with van der Waals surface area (Å²) in [6.45, 7) is 4.70. The first-order valence-electron chi connectivity index (χ1n) is 20.0. The molecule has 0 saturated carbocycles. The summed E-state index contributed by atoms with van der Waals surface area (Å²) in [5.74, 6) is 0. The Bertz CT molecular complexity index is 3450. The molecule has 0 bridgehead atoms. The van der Waals surface area contributed by atoms with E-state index in [4.69, 9.17) is 8.83 Å². The van der Waals surface area contributed by atoms with E-state index in [1.165, 1.54) is 38.6 Å². The highest BCUT2D eigenvalue weighted by molar-refractivity contribution is 6.23. The van der Waals surface area contributed by atoms with E-state index in [1.807, 2.05) is 18.2 Å². The van der Waals surface area contributed by atoms with Crippen LogP contribution in [0.25, 0.3) is 88.0 Å². The molecule has 2 heterocycles. The summed E-state index contributed by atoms with van der Waals surface area (Å²) in [7, 11) is 0. The Morgan fingerprint density at radius 1 is 0.379 bits per heavy atom. The summed E-state index contributed by atoms with van der Waals surface area (Å²) in [6, 6.07) is 67.8. The molecule has 2 aromatic heterocycles. The molecular formula is C55H37NO2. The smallest absolute Gasteiger partial charge is 0.136 e. The molecule has 0 spiro atoms. The lowest BCUT2D eigenvalue weighted by Crippen LogP contribution is -2.17. The Kier molecular flexibility index (Phi) is 6.98. The molecule has 0 amide bonds. The molecule has 9 aromatic carbocycles. The van der Waals surface area contributed by atoms with Crippen LogP contribution < -0.4 is 4.90 Å². The van der Waals surface area contributed by atoms with Crippen molar-refractivity contribution in [1.29, 1.82) is 0 Å². The maximum absolute atomic E-state index is 6.42. The van der Waals surface area contributed by atoms with E-state index in [0.29, 0.717) is 0 Å². The van der Waals surface area contributed by atoms with Crippen molar-refractivity contribution in [2.75, 3.05) is 4.90 Å². The molecule has 3 nitrogen and oxygen atoms in total. The maximum atomic E-state index is 6.42. The molecule has 1 aliphatic rings. The molecule has 0 N–H and O–H groups in total. The molecule has 274 valence electrons. The number of furan rings is 2.